The highest BCUT2D eigenvalue weighted by Crippen LogP contribution is 2.14. The van der Waals surface area contributed by atoms with E-state index in [-0.39, 0.29) is 12.5 Å². The molecule has 1 fully saturated rings. The van der Waals surface area contributed by atoms with Crippen LogP contribution in [-0.2, 0) is 9.59 Å². The third-order valence-electron chi connectivity index (χ3n) is 2.44. The van der Waals surface area contributed by atoms with Crippen molar-refractivity contribution in [2.75, 3.05) is 26.2 Å². The van der Waals surface area contributed by atoms with E-state index in [0.717, 1.165) is 19.5 Å². The van der Waals surface area contributed by atoms with E-state index in [1.807, 2.05) is 0 Å². The van der Waals surface area contributed by atoms with Crippen LogP contribution in [0.5, 0.6) is 0 Å². The number of aliphatic carboxylic acids is 1. The number of carboxylic acids is 1. The van der Waals surface area contributed by atoms with Gasteiger partial charge in [0.2, 0.25) is 5.91 Å². The van der Waals surface area contributed by atoms with E-state index >= 15 is 0 Å². The normalized spacial score (nSPS) is 21.2. The van der Waals surface area contributed by atoms with Gasteiger partial charge in [0.25, 0.3) is 0 Å². The molecule has 1 rings (SSSR count). The minimum atomic E-state index is -0.841. The first-order chi connectivity index (χ1) is 6.59. The number of nitrogens with one attached hydrogen (secondary N) is 1. The van der Waals surface area contributed by atoms with Gasteiger partial charge in [0.05, 0.1) is 6.54 Å². The Kier molecular flexibility index (Phi) is 3.88. The van der Waals surface area contributed by atoms with E-state index < -0.39 is 5.97 Å². The quantitative estimate of drug-likeness (QED) is 0.643. The topological polar surface area (TPSA) is 69.6 Å². The number of hydrogen-bond acceptors (Lipinski definition) is 3. The van der Waals surface area contributed by atoms with Crippen molar-refractivity contribution >= 4 is 11.9 Å². The maximum absolute atomic E-state index is 11.0. The smallest absolute Gasteiger partial charge is 0.317 e. The molecule has 0 bridgehead atoms. The van der Waals surface area contributed by atoms with Crippen molar-refractivity contribution in [1.29, 1.82) is 0 Å². The second-order valence-electron chi connectivity index (χ2n) is 3.64. The Hall–Kier alpha value is -1.10. The predicted molar refractivity (Wildman–Crippen MR) is 50.9 cm³/mol. The summed E-state index contributed by atoms with van der Waals surface area (Å²) in [7, 11) is 0. The largest absolute Gasteiger partial charge is 0.480 e. The average Bonchev–Trinajstić information content (AvgIpc) is 2.52. The van der Waals surface area contributed by atoms with Crippen LogP contribution in [0.1, 0.15) is 13.3 Å². The van der Waals surface area contributed by atoms with Crippen LogP contribution in [0.25, 0.3) is 0 Å². The third-order valence-corrected chi connectivity index (χ3v) is 2.44. The number of carboxylic acid groups (broad SMARTS) is 1. The molecule has 0 aromatic heterocycles. The molecule has 14 heavy (non-hydrogen) atoms. The van der Waals surface area contributed by atoms with Crippen LogP contribution in [-0.4, -0.2) is 48.1 Å². The zero-order valence-corrected chi connectivity index (χ0v) is 8.32. The minimum Gasteiger partial charge on any atom is -0.480 e. The monoisotopic (exact) mass is 200 g/mol. The molecule has 0 aliphatic carbocycles. The second kappa shape index (κ2) is 4.95. The van der Waals surface area contributed by atoms with Crippen molar-refractivity contribution in [2.45, 2.75) is 13.3 Å². The standard InChI is InChI=1S/C9H16N2O3/c1-7(12)11-3-2-8(6-11)4-10-5-9(13)14/h8,10H,2-6H2,1H3,(H,13,14)/t8-/m1/s1. The van der Waals surface area contributed by atoms with Crippen molar-refractivity contribution in [1.82, 2.24) is 10.2 Å². The highest BCUT2D eigenvalue weighted by atomic mass is 16.4. The summed E-state index contributed by atoms with van der Waals surface area (Å²) in [5.74, 6) is -0.338. The molecule has 2 N–H and O–H groups in total. The molecule has 80 valence electrons. The first-order valence-electron chi connectivity index (χ1n) is 4.77. The molecule has 1 atom stereocenters. The predicted octanol–water partition coefficient (Wildman–Crippen LogP) is -0.471. The van der Waals surface area contributed by atoms with E-state index in [2.05, 4.69) is 5.32 Å². The lowest BCUT2D eigenvalue weighted by Gasteiger charge is -2.13. The molecule has 1 aliphatic heterocycles. The molecule has 0 radical (unpaired) electrons. The van der Waals surface area contributed by atoms with Crippen LogP contribution in [0.2, 0.25) is 0 Å². The van der Waals surface area contributed by atoms with Gasteiger partial charge in [0.1, 0.15) is 0 Å². The second-order valence-corrected chi connectivity index (χ2v) is 3.64. The molecule has 1 aliphatic rings. The third kappa shape index (κ3) is 3.33. The molecule has 1 amide bonds. The van der Waals surface area contributed by atoms with Crippen LogP contribution >= 0.6 is 0 Å². The molecule has 5 nitrogen and oxygen atoms in total. The van der Waals surface area contributed by atoms with Gasteiger partial charge < -0.3 is 15.3 Å². The van der Waals surface area contributed by atoms with Crippen LogP contribution in [0, 0.1) is 5.92 Å². The average molecular weight is 200 g/mol. The Morgan fingerprint density at radius 3 is 2.79 bits per heavy atom. The molecule has 0 aromatic carbocycles. The summed E-state index contributed by atoms with van der Waals surface area (Å²) in [5, 5.41) is 11.2. The maximum Gasteiger partial charge on any atom is 0.317 e. The van der Waals surface area contributed by atoms with Crippen molar-refractivity contribution < 1.29 is 14.7 Å². The van der Waals surface area contributed by atoms with Gasteiger partial charge in [-0.15, -0.1) is 0 Å². The lowest BCUT2D eigenvalue weighted by Crippen LogP contribution is -2.31. The van der Waals surface area contributed by atoms with E-state index in [0.29, 0.717) is 12.5 Å². The van der Waals surface area contributed by atoms with Gasteiger partial charge in [-0.05, 0) is 12.3 Å². The van der Waals surface area contributed by atoms with Crippen LogP contribution in [0.3, 0.4) is 0 Å². The first kappa shape index (κ1) is 11.0. The van der Waals surface area contributed by atoms with Gasteiger partial charge in [-0.3, -0.25) is 9.59 Å². The van der Waals surface area contributed by atoms with Gasteiger partial charge in [-0.2, -0.15) is 0 Å². The fraction of sp³-hybridized carbons (Fsp3) is 0.778. The van der Waals surface area contributed by atoms with Crippen LogP contribution in [0.4, 0.5) is 0 Å². The van der Waals surface area contributed by atoms with Crippen molar-refractivity contribution in [3.05, 3.63) is 0 Å². The zero-order chi connectivity index (χ0) is 10.6. The highest BCUT2D eigenvalue weighted by Gasteiger charge is 2.23. The number of likely N-dealkylation sites (tertiary alicyclic amines) is 1. The summed E-state index contributed by atoms with van der Waals surface area (Å²) in [6.45, 7) is 3.79. The summed E-state index contributed by atoms with van der Waals surface area (Å²) >= 11 is 0. The molecular weight excluding hydrogens is 184 g/mol. The lowest BCUT2D eigenvalue weighted by molar-refractivity contribution is -0.136. The molecule has 0 aromatic rings. The van der Waals surface area contributed by atoms with Gasteiger partial charge >= 0.3 is 5.97 Å². The first-order valence-corrected chi connectivity index (χ1v) is 4.77. The zero-order valence-electron chi connectivity index (χ0n) is 8.32. The number of hydrogen-bond donors (Lipinski definition) is 2. The van der Waals surface area contributed by atoms with Gasteiger partial charge in [0, 0.05) is 26.6 Å². The summed E-state index contributed by atoms with van der Waals surface area (Å²) in [4.78, 5) is 23.0. The van der Waals surface area contributed by atoms with Crippen molar-refractivity contribution in [2.24, 2.45) is 5.92 Å². The van der Waals surface area contributed by atoms with Gasteiger partial charge in [-0.1, -0.05) is 0 Å². The number of rotatable bonds is 4. The van der Waals surface area contributed by atoms with Crippen molar-refractivity contribution in [3.63, 3.8) is 0 Å². The number of amides is 1. The lowest BCUT2D eigenvalue weighted by atomic mass is 10.1. The van der Waals surface area contributed by atoms with Crippen molar-refractivity contribution in [3.8, 4) is 0 Å². The van der Waals surface area contributed by atoms with E-state index in [9.17, 15) is 9.59 Å². The molecular formula is C9H16N2O3. The Morgan fingerprint density at radius 2 is 2.29 bits per heavy atom. The Bertz CT molecular complexity index is 230. The fourth-order valence-electron chi connectivity index (χ4n) is 1.67. The fourth-order valence-corrected chi connectivity index (χ4v) is 1.67. The van der Waals surface area contributed by atoms with Crippen LogP contribution < -0.4 is 5.32 Å². The molecule has 1 saturated heterocycles. The molecule has 5 heteroatoms. The molecule has 1 heterocycles. The summed E-state index contributed by atoms with van der Waals surface area (Å²) in [5.41, 5.74) is 0. The number of carbonyl (C=O) groups excluding carboxylic acids is 1. The number of nitrogens with zero attached hydrogens (tertiary/aromatic N) is 1. The Morgan fingerprint density at radius 1 is 1.57 bits per heavy atom. The molecule has 0 spiro atoms. The SMILES string of the molecule is CC(=O)N1CC[C@H](CNCC(=O)O)C1. The summed E-state index contributed by atoms with van der Waals surface area (Å²) in [6.07, 6.45) is 0.964. The van der Waals surface area contributed by atoms with E-state index in [1.54, 1.807) is 11.8 Å². The summed E-state index contributed by atoms with van der Waals surface area (Å²) in [6, 6.07) is 0. The highest BCUT2D eigenvalue weighted by molar-refractivity contribution is 5.73. The van der Waals surface area contributed by atoms with Gasteiger partial charge in [-0.25, -0.2) is 0 Å². The summed E-state index contributed by atoms with van der Waals surface area (Å²) < 4.78 is 0. The van der Waals surface area contributed by atoms with Gasteiger partial charge in [0.15, 0.2) is 0 Å². The van der Waals surface area contributed by atoms with E-state index in [1.165, 1.54) is 0 Å². The maximum atomic E-state index is 11.0. The molecule has 0 unspecified atom stereocenters. The van der Waals surface area contributed by atoms with Crippen LogP contribution in [0.15, 0.2) is 0 Å². The molecule has 0 saturated carbocycles. The Balaban J connectivity index is 2.16. The van der Waals surface area contributed by atoms with E-state index in [4.69, 9.17) is 5.11 Å². The Labute approximate surface area is 83.1 Å². The minimum absolute atomic E-state index is 0.00340. The number of carbonyl (C=O) groups is 2.